The normalized spacial score (nSPS) is 10.1. The molecule has 0 saturated carbocycles. The minimum absolute atomic E-state index is 0.270. The van der Waals surface area contributed by atoms with Crippen molar-refractivity contribution >= 4 is 5.69 Å². The summed E-state index contributed by atoms with van der Waals surface area (Å²) < 4.78 is 5.39. The van der Waals surface area contributed by atoms with Crippen molar-refractivity contribution in [2.24, 2.45) is 0 Å². The Morgan fingerprint density at radius 3 is 2.56 bits per heavy atom. The van der Waals surface area contributed by atoms with Crippen LogP contribution in [0.5, 0.6) is 11.5 Å². The average molecular weight is 243 g/mol. The molecule has 0 aliphatic heterocycles. The van der Waals surface area contributed by atoms with Crippen molar-refractivity contribution in [2.45, 2.75) is 13.5 Å². The van der Waals surface area contributed by atoms with E-state index in [9.17, 15) is 5.11 Å². The Morgan fingerprint density at radius 2 is 1.89 bits per heavy atom. The van der Waals surface area contributed by atoms with Crippen LogP contribution in [-0.4, -0.2) is 11.7 Å². The number of hydrogen-bond donors (Lipinski definition) is 2. The SMILES string of the molecule is CCOc1ccc(CNc2cccc(O)c2)cc1. The molecule has 0 atom stereocenters. The third-order valence-corrected chi connectivity index (χ3v) is 2.58. The van der Waals surface area contributed by atoms with Gasteiger partial charge in [0.05, 0.1) is 6.61 Å². The highest BCUT2D eigenvalue weighted by molar-refractivity contribution is 5.48. The summed E-state index contributed by atoms with van der Waals surface area (Å²) >= 11 is 0. The molecule has 0 bridgehead atoms. The Balaban J connectivity index is 1.93. The standard InChI is InChI=1S/C15H17NO2/c1-2-18-15-8-6-12(7-9-15)11-16-13-4-3-5-14(17)10-13/h3-10,16-17H,2,11H2,1H3. The first-order chi connectivity index (χ1) is 8.78. The Morgan fingerprint density at radius 1 is 1.11 bits per heavy atom. The van der Waals surface area contributed by atoms with Crippen LogP contribution < -0.4 is 10.1 Å². The maximum absolute atomic E-state index is 9.35. The van der Waals surface area contributed by atoms with E-state index in [-0.39, 0.29) is 5.75 Å². The molecule has 0 fully saturated rings. The van der Waals surface area contributed by atoms with Crippen LogP contribution in [0.25, 0.3) is 0 Å². The molecule has 0 spiro atoms. The lowest BCUT2D eigenvalue weighted by Crippen LogP contribution is -1.99. The van der Waals surface area contributed by atoms with Crippen molar-refractivity contribution in [3.8, 4) is 11.5 Å². The lowest BCUT2D eigenvalue weighted by Gasteiger charge is -2.08. The number of benzene rings is 2. The molecule has 94 valence electrons. The zero-order valence-electron chi connectivity index (χ0n) is 10.4. The summed E-state index contributed by atoms with van der Waals surface area (Å²) in [5.74, 6) is 1.16. The van der Waals surface area contributed by atoms with Gasteiger partial charge in [-0.1, -0.05) is 18.2 Å². The summed E-state index contributed by atoms with van der Waals surface area (Å²) in [5, 5.41) is 12.6. The maximum atomic E-state index is 9.35. The van der Waals surface area contributed by atoms with E-state index in [1.54, 1.807) is 12.1 Å². The van der Waals surface area contributed by atoms with E-state index < -0.39 is 0 Å². The van der Waals surface area contributed by atoms with Crippen molar-refractivity contribution < 1.29 is 9.84 Å². The molecule has 0 aliphatic carbocycles. The van der Waals surface area contributed by atoms with Crippen molar-refractivity contribution in [1.29, 1.82) is 0 Å². The van der Waals surface area contributed by atoms with E-state index in [2.05, 4.69) is 5.32 Å². The molecule has 0 aliphatic rings. The third-order valence-electron chi connectivity index (χ3n) is 2.58. The number of nitrogens with one attached hydrogen (secondary N) is 1. The first-order valence-electron chi connectivity index (χ1n) is 6.02. The second kappa shape index (κ2) is 5.96. The van der Waals surface area contributed by atoms with E-state index in [0.717, 1.165) is 18.0 Å². The molecule has 0 heterocycles. The molecule has 2 aromatic rings. The maximum Gasteiger partial charge on any atom is 0.119 e. The predicted octanol–water partition coefficient (Wildman–Crippen LogP) is 3.40. The fourth-order valence-corrected chi connectivity index (χ4v) is 1.69. The fraction of sp³-hybridized carbons (Fsp3) is 0.200. The highest BCUT2D eigenvalue weighted by Crippen LogP contribution is 2.17. The Labute approximate surface area is 107 Å². The van der Waals surface area contributed by atoms with Crippen molar-refractivity contribution in [1.82, 2.24) is 0 Å². The van der Waals surface area contributed by atoms with Gasteiger partial charge in [-0.15, -0.1) is 0 Å². The van der Waals surface area contributed by atoms with Gasteiger partial charge in [-0.2, -0.15) is 0 Å². The molecule has 2 rings (SSSR count). The molecule has 2 aromatic carbocycles. The van der Waals surface area contributed by atoms with E-state index in [0.29, 0.717) is 6.61 Å². The largest absolute Gasteiger partial charge is 0.508 e. The molecule has 0 unspecified atom stereocenters. The van der Waals surface area contributed by atoms with Gasteiger partial charge < -0.3 is 15.2 Å². The number of phenols is 1. The highest BCUT2D eigenvalue weighted by Gasteiger charge is 1.96. The molecule has 3 nitrogen and oxygen atoms in total. The summed E-state index contributed by atoms with van der Waals surface area (Å²) in [5.41, 5.74) is 2.07. The summed E-state index contributed by atoms with van der Waals surface area (Å²) in [4.78, 5) is 0. The fourth-order valence-electron chi connectivity index (χ4n) is 1.69. The summed E-state index contributed by atoms with van der Waals surface area (Å²) in [6.45, 7) is 3.37. The minimum Gasteiger partial charge on any atom is -0.508 e. The number of hydrogen-bond acceptors (Lipinski definition) is 3. The van der Waals surface area contributed by atoms with Crippen LogP contribution in [0, 0.1) is 0 Å². The Bertz CT molecular complexity index is 494. The second-order valence-corrected chi connectivity index (χ2v) is 3.98. The summed E-state index contributed by atoms with van der Waals surface area (Å²) in [6, 6.07) is 15.1. The van der Waals surface area contributed by atoms with Gasteiger partial charge in [-0.25, -0.2) is 0 Å². The van der Waals surface area contributed by atoms with Crippen LogP contribution in [0.3, 0.4) is 0 Å². The van der Waals surface area contributed by atoms with Crippen LogP contribution in [-0.2, 0) is 6.54 Å². The predicted molar refractivity (Wildman–Crippen MR) is 73.0 cm³/mol. The zero-order valence-corrected chi connectivity index (χ0v) is 10.4. The van der Waals surface area contributed by atoms with E-state index >= 15 is 0 Å². The van der Waals surface area contributed by atoms with Gasteiger partial charge in [-0.05, 0) is 36.8 Å². The average Bonchev–Trinajstić information content (AvgIpc) is 2.38. The molecule has 3 heteroatoms. The van der Waals surface area contributed by atoms with Gasteiger partial charge in [0.2, 0.25) is 0 Å². The van der Waals surface area contributed by atoms with Gasteiger partial charge >= 0.3 is 0 Å². The van der Waals surface area contributed by atoms with E-state index in [1.165, 1.54) is 5.56 Å². The number of ether oxygens (including phenoxy) is 1. The highest BCUT2D eigenvalue weighted by atomic mass is 16.5. The lowest BCUT2D eigenvalue weighted by atomic mass is 10.2. The second-order valence-electron chi connectivity index (χ2n) is 3.98. The number of aromatic hydroxyl groups is 1. The Kier molecular flexibility index (Phi) is 4.07. The van der Waals surface area contributed by atoms with Crippen LogP contribution in [0.15, 0.2) is 48.5 Å². The minimum atomic E-state index is 0.270. The zero-order chi connectivity index (χ0) is 12.8. The molecule has 0 radical (unpaired) electrons. The number of anilines is 1. The Hall–Kier alpha value is -2.16. The van der Waals surface area contributed by atoms with Gasteiger partial charge in [0.25, 0.3) is 0 Å². The van der Waals surface area contributed by atoms with Crippen molar-refractivity contribution in [3.05, 3.63) is 54.1 Å². The first-order valence-corrected chi connectivity index (χ1v) is 6.02. The molecule has 0 amide bonds. The molecule has 0 aromatic heterocycles. The van der Waals surface area contributed by atoms with E-state index in [4.69, 9.17) is 4.74 Å². The molecule has 2 N–H and O–H groups in total. The number of phenolic OH excluding ortho intramolecular Hbond substituents is 1. The quantitative estimate of drug-likeness (QED) is 0.845. The first kappa shape index (κ1) is 12.3. The molecule has 0 saturated heterocycles. The third kappa shape index (κ3) is 3.42. The topological polar surface area (TPSA) is 41.5 Å². The van der Waals surface area contributed by atoms with Gasteiger partial charge in [0.15, 0.2) is 0 Å². The summed E-state index contributed by atoms with van der Waals surface area (Å²) in [7, 11) is 0. The van der Waals surface area contributed by atoms with Crippen LogP contribution in [0.2, 0.25) is 0 Å². The van der Waals surface area contributed by atoms with Gasteiger partial charge in [0.1, 0.15) is 11.5 Å². The van der Waals surface area contributed by atoms with E-state index in [1.807, 2.05) is 43.3 Å². The van der Waals surface area contributed by atoms with Gasteiger partial charge in [-0.3, -0.25) is 0 Å². The molecular formula is C15H17NO2. The van der Waals surface area contributed by atoms with Crippen molar-refractivity contribution in [3.63, 3.8) is 0 Å². The number of rotatable bonds is 5. The molecule has 18 heavy (non-hydrogen) atoms. The lowest BCUT2D eigenvalue weighted by molar-refractivity contribution is 0.340. The van der Waals surface area contributed by atoms with Crippen LogP contribution in [0.1, 0.15) is 12.5 Å². The molecular weight excluding hydrogens is 226 g/mol. The summed E-state index contributed by atoms with van der Waals surface area (Å²) in [6.07, 6.45) is 0. The smallest absolute Gasteiger partial charge is 0.119 e. The van der Waals surface area contributed by atoms with Gasteiger partial charge in [0, 0.05) is 18.3 Å². The monoisotopic (exact) mass is 243 g/mol. The van der Waals surface area contributed by atoms with Crippen LogP contribution in [0.4, 0.5) is 5.69 Å². The van der Waals surface area contributed by atoms with Crippen LogP contribution >= 0.6 is 0 Å². The van der Waals surface area contributed by atoms with Crippen molar-refractivity contribution in [2.75, 3.05) is 11.9 Å².